The van der Waals surface area contributed by atoms with Gasteiger partial charge in [-0.05, 0) is 44.0 Å². The summed E-state index contributed by atoms with van der Waals surface area (Å²) in [6.07, 6.45) is 6.96. The van der Waals surface area contributed by atoms with Gasteiger partial charge in [-0.1, -0.05) is 0 Å². The molecule has 0 N–H and O–H groups in total. The lowest BCUT2D eigenvalue weighted by Gasteiger charge is -2.31. The van der Waals surface area contributed by atoms with E-state index in [1.54, 1.807) is 24.1 Å². The summed E-state index contributed by atoms with van der Waals surface area (Å²) in [6.45, 7) is 3.91. The Balaban J connectivity index is 1.43. The molecular formula is C20H24N6O2. The lowest BCUT2D eigenvalue weighted by molar-refractivity contribution is 0.0710. The molecule has 8 nitrogen and oxygen atoms in total. The summed E-state index contributed by atoms with van der Waals surface area (Å²) < 4.78 is 5.04. The van der Waals surface area contributed by atoms with Crippen LogP contribution >= 0.6 is 0 Å². The summed E-state index contributed by atoms with van der Waals surface area (Å²) >= 11 is 0. The lowest BCUT2D eigenvalue weighted by Crippen LogP contribution is -2.38. The largest absolute Gasteiger partial charge is 0.345 e. The Morgan fingerprint density at radius 1 is 1.18 bits per heavy atom. The van der Waals surface area contributed by atoms with Crippen molar-refractivity contribution in [2.75, 3.05) is 13.1 Å². The zero-order valence-electron chi connectivity index (χ0n) is 16.2. The van der Waals surface area contributed by atoms with E-state index in [-0.39, 0.29) is 17.5 Å². The number of carbonyl (C=O) groups is 1. The van der Waals surface area contributed by atoms with Crippen molar-refractivity contribution in [3.8, 4) is 5.69 Å². The topological polar surface area (TPSA) is 78.0 Å². The van der Waals surface area contributed by atoms with Gasteiger partial charge in [0.15, 0.2) is 0 Å². The van der Waals surface area contributed by atoms with E-state index in [0.717, 1.165) is 24.4 Å². The minimum absolute atomic E-state index is 0.0459. The van der Waals surface area contributed by atoms with Crippen molar-refractivity contribution in [3.05, 3.63) is 64.9 Å². The molecule has 4 rings (SSSR count). The molecule has 0 bridgehead atoms. The van der Waals surface area contributed by atoms with Crippen molar-refractivity contribution in [1.82, 2.24) is 28.8 Å². The number of amides is 1. The Morgan fingerprint density at radius 2 is 1.89 bits per heavy atom. The third-order valence-corrected chi connectivity index (χ3v) is 5.42. The predicted octanol–water partition coefficient (Wildman–Crippen LogP) is 1.81. The highest BCUT2D eigenvalue weighted by molar-refractivity contribution is 5.94. The van der Waals surface area contributed by atoms with Crippen LogP contribution in [-0.2, 0) is 13.6 Å². The monoisotopic (exact) mass is 380 g/mol. The van der Waals surface area contributed by atoms with Gasteiger partial charge in [0, 0.05) is 56.2 Å². The third-order valence-electron chi connectivity index (χ3n) is 5.42. The fourth-order valence-corrected chi connectivity index (χ4v) is 3.83. The maximum Gasteiger partial charge on any atom is 0.345 e. The molecule has 2 aromatic heterocycles. The Bertz CT molecular complexity index is 1010. The number of benzene rings is 1. The summed E-state index contributed by atoms with van der Waals surface area (Å²) in [6, 6.07) is 7.57. The SMILES string of the molecule is CCn1c(C2CCN(C(=O)c3ccc(-n4ccnc4)cc3)CC2)nn(C)c1=O. The molecule has 3 heterocycles. The zero-order valence-corrected chi connectivity index (χ0v) is 16.2. The van der Waals surface area contributed by atoms with Gasteiger partial charge >= 0.3 is 5.69 Å². The van der Waals surface area contributed by atoms with E-state index >= 15 is 0 Å². The zero-order chi connectivity index (χ0) is 19.7. The van der Waals surface area contributed by atoms with Gasteiger partial charge < -0.3 is 9.47 Å². The highest BCUT2D eigenvalue weighted by Crippen LogP contribution is 2.27. The van der Waals surface area contributed by atoms with E-state index in [9.17, 15) is 9.59 Å². The number of carbonyl (C=O) groups excluding carboxylic acids is 1. The van der Waals surface area contributed by atoms with Crippen molar-refractivity contribution in [3.63, 3.8) is 0 Å². The summed E-state index contributed by atoms with van der Waals surface area (Å²) in [4.78, 5) is 30.9. The van der Waals surface area contributed by atoms with Crippen molar-refractivity contribution in [2.45, 2.75) is 32.2 Å². The molecule has 0 spiro atoms. The van der Waals surface area contributed by atoms with Gasteiger partial charge in [-0.2, -0.15) is 5.10 Å². The van der Waals surface area contributed by atoms with E-state index in [1.807, 2.05) is 46.9 Å². The number of likely N-dealkylation sites (tertiary alicyclic amines) is 1. The quantitative estimate of drug-likeness (QED) is 0.692. The number of nitrogens with zero attached hydrogens (tertiary/aromatic N) is 6. The maximum atomic E-state index is 12.9. The average molecular weight is 380 g/mol. The van der Waals surface area contributed by atoms with E-state index in [4.69, 9.17) is 0 Å². The predicted molar refractivity (Wildman–Crippen MR) is 105 cm³/mol. The lowest BCUT2D eigenvalue weighted by atomic mass is 9.95. The number of aromatic nitrogens is 5. The molecule has 0 saturated carbocycles. The number of piperidine rings is 1. The Labute approximate surface area is 163 Å². The molecular weight excluding hydrogens is 356 g/mol. The second-order valence-electron chi connectivity index (χ2n) is 7.09. The van der Waals surface area contributed by atoms with Crippen LogP contribution in [-0.4, -0.2) is 47.8 Å². The average Bonchev–Trinajstić information content (AvgIpc) is 3.37. The van der Waals surface area contributed by atoms with Crippen molar-refractivity contribution < 1.29 is 4.79 Å². The van der Waals surface area contributed by atoms with Crippen LogP contribution < -0.4 is 5.69 Å². The Morgan fingerprint density at radius 3 is 2.50 bits per heavy atom. The minimum atomic E-state index is -0.0750. The molecule has 1 saturated heterocycles. The fourth-order valence-electron chi connectivity index (χ4n) is 3.83. The first-order chi connectivity index (χ1) is 13.6. The van der Waals surface area contributed by atoms with E-state index in [1.165, 1.54) is 4.68 Å². The maximum absolute atomic E-state index is 12.9. The molecule has 1 aliphatic rings. The second kappa shape index (κ2) is 7.46. The van der Waals surface area contributed by atoms with E-state index < -0.39 is 0 Å². The number of imidazole rings is 1. The van der Waals surface area contributed by atoms with E-state index in [0.29, 0.717) is 25.2 Å². The first-order valence-corrected chi connectivity index (χ1v) is 9.60. The fraction of sp³-hybridized carbons (Fsp3) is 0.400. The second-order valence-corrected chi connectivity index (χ2v) is 7.09. The van der Waals surface area contributed by atoms with E-state index in [2.05, 4.69) is 10.1 Å². The van der Waals surface area contributed by atoms with Crippen LogP contribution in [0.3, 0.4) is 0 Å². The molecule has 28 heavy (non-hydrogen) atoms. The standard InChI is InChI=1S/C20H24N6O2/c1-3-26-18(22-23(2)20(26)28)15-8-11-24(12-9-15)19(27)16-4-6-17(7-5-16)25-13-10-21-14-25/h4-7,10,13-15H,3,8-9,11-12H2,1-2H3. The van der Waals surface area contributed by atoms with Crippen LogP contribution in [0.1, 0.15) is 41.9 Å². The molecule has 3 aromatic rings. The van der Waals surface area contributed by atoms with Crippen molar-refractivity contribution in [1.29, 1.82) is 0 Å². The van der Waals surface area contributed by atoms with Gasteiger partial charge in [-0.25, -0.2) is 14.5 Å². The minimum Gasteiger partial charge on any atom is -0.339 e. The normalized spacial score (nSPS) is 15.1. The molecule has 1 aliphatic heterocycles. The highest BCUT2D eigenvalue weighted by atomic mass is 16.2. The molecule has 0 radical (unpaired) electrons. The molecule has 1 fully saturated rings. The van der Waals surface area contributed by atoms with Crippen LogP contribution in [0.4, 0.5) is 0 Å². The third kappa shape index (κ3) is 3.26. The van der Waals surface area contributed by atoms with Crippen LogP contribution in [0.5, 0.6) is 0 Å². The summed E-state index contributed by atoms with van der Waals surface area (Å²) in [5.41, 5.74) is 1.58. The molecule has 1 aromatic carbocycles. The molecule has 146 valence electrons. The first-order valence-electron chi connectivity index (χ1n) is 9.60. The number of aryl methyl sites for hydroxylation is 1. The van der Waals surface area contributed by atoms with Crippen LogP contribution in [0.2, 0.25) is 0 Å². The van der Waals surface area contributed by atoms with Crippen molar-refractivity contribution in [2.24, 2.45) is 7.05 Å². The van der Waals surface area contributed by atoms with Gasteiger partial charge in [-0.15, -0.1) is 0 Å². The number of rotatable bonds is 4. The van der Waals surface area contributed by atoms with Crippen LogP contribution in [0.25, 0.3) is 5.69 Å². The molecule has 0 aliphatic carbocycles. The number of hydrogen-bond acceptors (Lipinski definition) is 4. The Kier molecular flexibility index (Phi) is 4.85. The summed E-state index contributed by atoms with van der Waals surface area (Å²) in [7, 11) is 1.68. The molecule has 0 unspecified atom stereocenters. The molecule has 8 heteroatoms. The number of hydrogen-bond donors (Lipinski definition) is 0. The van der Waals surface area contributed by atoms with Crippen LogP contribution in [0, 0.1) is 0 Å². The van der Waals surface area contributed by atoms with Gasteiger partial charge in [0.2, 0.25) is 0 Å². The summed E-state index contributed by atoms with van der Waals surface area (Å²) in [5.74, 6) is 1.10. The molecule has 0 atom stereocenters. The first kappa shape index (κ1) is 18.2. The van der Waals surface area contributed by atoms with Crippen LogP contribution in [0.15, 0.2) is 47.8 Å². The summed E-state index contributed by atoms with van der Waals surface area (Å²) in [5, 5.41) is 4.42. The van der Waals surface area contributed by atoms with Gasteiger partial charge in [0.25, 0.3) is 5.91 Å². The van der Waals surface area contributed by atoms with Gasteiger partial charge in [0.05, 0.1) is 6.33 Å². The van der Waals surface area contributed by atoms with Crippen molar-refractivity contribution >= 4 is 5.91 Å². The molecule has 1 amide bonds. The van der Waals surface area contributed by atoms with Gasteiger partial charge in [-0.3, -0.25) is 9.36 Å². The highest BCUT2D eigenvalue weighted by Gasteiger charge is 2.28. The Hall–Kier alpha value is -3.16. The smallest absolute Gasteiger partial charge is 0.339 e. The van der Waals surface area contributed by atoms with Gasteiger partial charge in [0.1, 0.15) is 5.82 Å².